The molecule has 158 valence electrons. The summed E-state index contributed by atoms with van der Waals surface area (Å²) in [7, 11) is 0. The van der Waals surface area contributed by atoms with E-state index in [0.29, 0.717) is 41.4 Å². The molecule has 1 aliphatic heterocycles. The van der Waals surface area contributed by atoms with E-state index < -0.39 is 0 Å². The van der Waals surface area contributed by atoms with Crippen molar-refractivity contribution in [3.05, 3.63) is 62.0 Å². The average molecular weight is 426 g/mol. The molecule has 6 nitrogen and oxygen atoms in total. The summed E-state index contributed by atoms with van der Waals surface area (Å²) in [4.78, 5) is 31.9. The number of nitrogens with one attached hydrogen (secondary N) is 1. The summed E-state index contributed by atoms with van der Waals surface area (Å²) >= 11 is 1.32. The number of aromatic nitrogens is 2. The third-order valence-corrected chi connectivity index (χ3v) is 6.75. The molecule has 0 saturated carbocycles. The maximum atomic E-state index is 13.1. The molecule has 0 unspecified atom stereocenters. The van der Waals surface area contributed by atoms with Gasteiger partial charge in [0.2, 0.25) is 0 Å². The van der Waals surface area contributed by atoms with Crippen molar-refractivity contribution in [1.29, 1.82) is 0 Å². The summed E-state index contributed by atoms with van der Waals surface area (Å²) in [5.41, 5.74) is 2.86. The van der Waals surface area contributed by atoms with Crippen LogP contribution in [0.5, 0.6) is 0 Å². The zero-order chi connectivity index (χ0) is 21.1. The molecular formula is C23H27N3O3S. The van der Waals surface area contributed by atoms with Crippen molar-refractivity contribution in [3.63, 3.8) is 0 Å². The number of nitrogens with zero attached hydrogens (tertiary/aromatic N) is 2. The van der Waals surface area contributed by atoms with Crippen molar-refractivity contribution in [2.45, 2.75) is 59.2 Å². The van der Waals surface area contributed by atoms with E-state index >= 15 is 0 Å². The Labute approximate surface area is 179 Å². The Morgan fingerprint density at radius 2 is 1.97 bits per heavy atom. The van der Waals surface area contributed by atoms with Gasteiger partial charge in [0.15, 0.2) is 0 Å². The highest BCUT2D eigenvalue weighted by Gasteiger charge is 2.22. The summed E-state index contributed by atoms with van der Waals surface area (Å²) in [5, 5.41) is 3.58. The third-order valence-electron chi connectivity index (χ3n) is 5.57. The van der Waals surface area contributed by atoms with Crippen LogP contribution in [0.3, 0.4) is 0 Å². The Morgan fingerprint density at radius 1 is 1.20 bits per heavy atom. The molecule has 4 rings (SSSR count). The van der Waals surface area contributed by atoms with Crippen molar-refractivity contribution in [2.75, 3.05) is 6.61 Å². The molecule has 0 fully saturated rings. The molecule has 0 spiro atoms. The minimum absolute atomic E-state index is 0.00501. The zero-order valence-corrected chi connectivity index (χ0v) is 18.3. The van der Waals surface area contributed by atoms with Crippen LogP contribution < -0.4 is 10.9 Å². The van der Waals surface area contributed by atoms with E-state index in [-0.39, 0.29) is 11.5 Å². The normalized spacial score (nSPS) is 13.8. The minimum Gasteiger partial charge on any atom is -0.377 e. The number of carbonyl (C=O) groups is 1. The number of carbonyl (C=O) groups excluding carboxylic acids is 1. The summed E-state index contributed by atoms with van der Waals surface area (Å²) in [5.74, 6) is 0.693. The quantitative estimate of drug-likeness (QED) is 0.649. The number of hydrogen-bond acceptors (Lipinski definition) is 5. The van der Waals surface area contributed by atoms with Gasteiger partial charge in [-0.2, -0.15) is 0 Å². The summed E-state index contributed by atoms with van der Waals surface area (Å²) < 4.78 is 7.22. The number of aryl methyl sites for hydroxylation is 2. The zero-order valence-electron chi connectivity index (χ0n) is 17.5. The fourth-order valence-corrected chi connectivity index (χ4v) is 4.97. The Morgan fingerprint density at radius 3 is 2.73 bits per heavy atom. The minimum atomic E-state index is -0.159. The molecule has 30 heavy (non-hydrogen) atoms. The molecule has 7 heteroatoms. The molecule has 0 bridgehead atoms. The molecule has 1 amide bonds. The molecular weight excluding hydrogens is 398 g/mol. The molecule has 0 atom stereocenters. The average Bonchev–Trinajstić information content (AvgIpc) is 2.92. The van der Waals surface area contributed by atoms with Gasteiger partial charge < -0.3 is 10.1 Å². The molecule has 0 radical (unpaired) electrons. The largest absolute Gasteiger partial charge is 0.377 e. The van der Waals surface area contributed by atoms with Crippen LogP contribution in [0.2, 0.25) is 0 Å². The molecule has 2 aromatic heterocycles. The molecule has 3 aromatic rings. The third kappa shape index (κ3) is 4.18. The lowest BCUT2D eigenvalue weighted by Crippen LogP contribution is -2.25. The highest BCUT2D eigenvalue weighted by Crippen LogP contribution is 2.28. The Bertz CT molecular complexity index is 1120. The van der Waals surface area contributed by atoms with Gasteiger partial charge in [0.05, 0.1) is 16.9 Å². The van der Waals surface area contributed by atoms with E-state index in [1.165, 1.54) is 11.3 Å². The van der Waals surface area contributed by atoms with Crippen molar-refractivity contribution in [2.24, 2.45) is 0 Å². The van der Waals surface area contributed by atoms with E-state index in [0.717, 1.165) is 48.2 Å². The number of ether oxygens (including phenoxy) is 1. The first-order valence-electron chi connectivity index (χ1n) is 10.5. The Hall–Kier alpha value is -2.51. The fraction of sp³-hybridized carbons (Fsp3) is 0.435. The van der Waals surface area contributed by atoms with Gasteiger partial charge >= 0.3 is 0 Å². The van der Waals surface area contributed by atoms with Crippen LogP contribution in [-0.4, -0.2) is 22.1 Å². The van der Waals surface area contributed by atoms with E-state index in [1.54, 1.807) is 4.57 Å². The van der Waals surface area contributed by atoms with Gasteiger partial charge in [0.1, 0.15) is 10.7 Å². The molecule has 0 saturated heterocycles. The lowest BCUT2D eigenvalue weighted by atomic mass is 10.1. The first-order chi connectivity index (χ1) is 14.6. The molecule has 3 heterocycles. The number of rotatable bonds is 6. The van der Waals surface area contributed by atoms with E-state index in [9.17, 15) is 9.59 Å². The van der Waals surface area contributed by atoms with Crippen molar-refractivity contribution in [3.8, 4) is 0 Å². The van der Waals surface area contributed by atoms with Crippen LogP contribution in [0.4, 0.5) is 0 Å². The highest BCUT2D eigenvalue weighted by atomic mass is 32.1. The summed E-state index contributed by atoms with van der Waals surface area (Å²) in [6, 6.07) is 8.02. The molecule has 0 aliphatic carbocycles. The monoisotopic (exact) mass is 425 g/mol. The van der Waals surface area contributed by atoms with Crippen LogP contribution in [0.15, 0.2) is 29.1 Å². The standard InChI is InChI=1S/C23H27N3O3S/c1-3-29-14-17-10-8-16(9-11-17)13-24-21(27)20-15(2)19-22(30-20)25-18-7-5-4-6-12-26(18)23(19)28/h8-11H,3-7,12-14H2,1-2H3,(H,24,27). The predicted molar refractivity (Wildman–Crippen MR) is 119 cm³/mol. The Balaban J connectivity index is 1.53. The number of hydrogen-bond donors (Lipinski definition) is 1. The second-order valence-corrected chi connectivity index (χ2v) is 8.67. The van der Waals surface area contributed by atoms with E-state index in [4.69, 9.17) is 9.72 Å². The predicted octanol–water partition coefficient (Wildman–Crippen LogP) is 3.96. The lowest BCUT2D eigenvalue weighted by Gasteiger charge is -2.08. The van der Waals surface area contributed by atoms with Gasteiger partial charge in [-0.1, -0.05) is 30.7 Å². The number of thiophene rings is 1. The topological polar surface area (TPSA) is 73.2 Å². The maximum Gasteiger partial charge on any atom is 0.262 e. The fourth-order valence-electron chi connectivity index (χ4n) is 3.86. The van der Waals surface area contributed by atoms with Gasteiger partial charge in [-0.25, -0.2) is 4.98 Å². The molecule has 1 aliphatic rings. The molecule has 1 N–H and O–H groups in total. The van der Waals surface area contributed by atoms with Crippen LogP contribution in [-0.2, 0) is 30.9 Å². The highest BCUT2D eigenvalue weighted by molar-refractivity contribution is 7.20. The first-order valence-corrected chi connectivity index (χ1v) is 11.4. The van der Waals surface area contributed by atoms with Gasteiger partial charge in [-0.3, -0.25) is 14.2 Å². The SMILES string of the molecule is CCOCc1ccc(CNC(=O)c2sc3nc4n(c(=O)c3c2C)CCCCC4)cc1. The Kier molecular flexibility index (Phi) is 6.29. The first kappa shape index (κ1) is 20.8. The van der Waals surface area contributed by atoms with Gasteiger partial charge in [0.25, 0.3) is 11.5 Å². The molecule has 1 aromatic carbocycles. The van der Waals surface area contributed by atoms with Gasteiger partial charge in [-0.15, -0.1) is 11.3 Å². The van der Waals surface area contributed by atoms with Gasteiger partial charge in [-0.05, 0) is 43.4 Å². The summed E-state index contributed by atoms with van der Waals surface area (Å²) in [6.45, 7) is 6.26. The smallest absolute Gasteiger partial charge is 0.262 e. The van der Waals surface area contributed by atoms with Crippen LogP contribution >= 0.6 is 11.3 Å². The van der Waals surface area contributed by atoms with Crippen LogP contribution in [0, 0.1) is 6.92 Å². The van der Waals surface area contributed by atoms with Gasteiger partial charge in [0, 0.05) is 26.1 Å². The maximum absolute atomic E-state index is 13.1. The summed E-state index contributed by atoms with van der Waals surface area (Å²) in [6.07, 6.45) is 4.00. The second kappa shape index (κ2) is 9.10. The second-order valence-electron chi connectivity index (χ2n) is 7.67. The number of amides is 1. The van der Waals surface area contributed by atoms with E-state index in [2.05, 4.69) is 5.32 Å². The van der Waals surface area contributed by atoms with Crippen molar-refractivity contribution in [1.82, 2.24) is 14.9 Å². The van der Waals surface area contributed by atoms with E-state index in [1.807, 2.05) is 38.1 Å². The van der Waals surface area contributed by atoms with Crippen LogP contribution in [0.1, 0.15) is 58.4 Å². The number of benzene rings is 1. The van der Waals surface area contributed by atoms with Crippen LogP contribution in [0.25, 0.3) is 10.2 Å². The van der Waals surface area contributed by atoms with Crippen molar-refractivity contribution < 1.29 is 9.53 Å². The number of fused-ring (bicyclic) bond motifs is 2. The van der Waals surface area contributed by atoms with Crippen molar-refractivity contribution >= 4 is 27.5 Å². The lowest BCUT2D eigenvalue weighted by molar-refractivity contribution is 0.0954.